The van der Waals surface area contributed by atoms with Crippen LogP contribution in [0.4, 0.5) is 17.6 Å². The fourth-order valence-electron chi connectivity index (χ4n) is 4.73. The third kappa shape index (κ3) is 4.18. The van der Waals surface area contributed by atoms with Crippen LogP contribution < -0.4 is 5.69 Å². The van der Waals surface area contributed by atoms with Gasteiger partial charge >= 0.3 is 11.9 Å². The molecule has 0 aliphatic carbocycles. The molecule has 9 nitrogen and oxygen atoms in total. The van der Waals surface area contributed by atoms with Crippen LogP contribution in [0.5, 0.6) is 0 Å². The molecular weight excluding hydrogens is 498 g/mol. The first-order valence-electron chi connectivity index (χ1n) is 11.4. The van der Waals surface area contributed by atoms with Crippen molar-refractivity contribution < 1.29 is 32.3 Å². The van der Waals surface area contributed by atoms with Crippen molar-refractivity contribution in [1.82, 2.24) is 23.9 Å². The molecule has 2 fully saturated rings. The molecular formula is C24H21F4N5O4. The number of carbonyl (C=O) groups excluding carboxylic acids is 2. The minimum atomic E-state index is -4.57. The Balaban J connectivity index is 1.65. The first-order valence-corrected chi connectivity index (χ1v) is 11.4. The topological polar surface area (TPSA) is 101 Å². The number of amides is 2. The average Bonchev–Trinajstić information content (AvgIpc) is 3.38. The van der Waals surface area contributed by atoms with Crippen molar-refractivity contribution in [2.45, 2.75) is 24.7 Å². The van der Waals surface area contributed by atoms with Crippen LogP contribution in [0.15, 0.2) is 53.7 Å². The Labute approximate surface area is 206 Å². The van der Waals surface area contributed by atoms with Gasteiger partial charge < -0.3 is 14.9 Å². The third-order valence-corrected chi connectivity index (χ3v) is 6.64. The smallest absolute Gasteiger partial charge is 0.391 e. The minimum Gasteiger partial charge on any atom is -0.391 e. The number of alkyl halides is 3. The number of rotatable bonds is 4. The van der Waals surface area contributed by atoms with Gasteiger partial charge in [-0.3, -0.25) is 14.2 Å². The predicted octanol–water partition coefficient (Wildman–Crippen LogP) is 2.28. The lowest BCUT2D eigenvalue weighted by atomic mass is 10.1. The van der Waals surface area contributed by atoms with Crippen molar-refractivity contribution >= 4 is 23.0 Å². The van der Waals surface area contributed by atoms with E-state index >= 15 is 0 Å². The van der Waals surface area contributed by atoms with E-state index in [1.165, 1.54) is 21.7 Å². The van der Waals surface area contributed by atoms with Crippen molar-refractivity contribution in [2.24, 2.45) is 0 Å². The Morgan fingerprint density at radius 2 is 1.73 bits per heavy atom. The van der Waals surface area contributed by atoms with E-state index in [0.717, 1.165) is 33.7 Å². The van der Waals surface area contributed by atoms with Gasteiger partial charge in [0.1, 0.15) is 5.52 Å². The summed E-state index contributed by atoms with van der Waals surface area (Å²) >= 11 is 0. The molecule has 2 aromatic heterocycles. The molecule has 0 spiro atoms. The van der Waals surface area contributed by atoms with E-state index in [1.807, 2.05) is 0 Å². The number of β-amino-alcohol motifs (C(OH)–C–C–N with tert-alkyl or cyclic N) is 1. The molecule has 2 aliphatic heterocycles. The first-order chi connectivity index (χ1) is 17.5. The summed E-state index contributed by atoms with van der Waals surface area (Å²) in [7, 11) is 0. The number of halogens is 4. The highest BCUT2D eigenvalue weighted by molar-refractivity contribution is 6.04. The molecule has 1 atom stereocenters. The van der Waals surface area contributed by atoms with Crippen LogP contribution in [0.1, 0.15) is 28.4 Å². The summed E-state index contributed by atoms with van der Waals surface area (Å²) in [4.78, 5) is 45.8. The van der Waals surface area contributed by atoms with Gasteiger partial charge in [0.25, 0.3) is 11.8 Å². The summed E-state index contributed by atoms with van der Waals surface area (Å²) < 4.78 is 54.9. The van der Waals surface area contributed by atoms with Crippen molar-refractivity contribution in [2.75, 3.05) is 26.2 Å². The standard InChI is InChI=1S/C24H21F4N5O4/c1-13(25)21(35)31-10-16(11-31)32-19-18(22(36)30-9-7-17(34)12-30)6-8-29-20(19)33(23(32)37)15-4-2-14(3-5-15)24(26,27)28/h2-6,8,16-17,34H,1,7,9-12H2/t17-/m1/s1. The number of likely N-dealkylation sites (tertiary alicyclic amines) is 2. The number of nitrogens with zero attached hydrogens (tertiary/aromatic N) is 5. The third-order valence-electron chi connectivity index (χ3n) is 6.64. The lowest BCUT2D eigenvalue weighted by molar-refractivity contribution is -0.137. The van der Waals surface area contributed by atoms with Gasteiger partial charge in [-0.2, -0.15) is 13.2 Å². The molecule has 5 rings (SSSR count). The Kier molecular flexibility index (Phi) is 5.89. The Hall–Kier alpha value is -4.00. The normalized spacial score (nSPS) is 18.4. The maximum Gasteiger partial charge on any atom is 0.416 e. The van der Waals surface area contributed by atoms with Crippen LogP contribution in [0.3, 0.4) is 0 Å². The van der Waals surface area contributed by atoms with Gasteiger partial charge in [0, 0.05) is 32.4 Å². The fraction of sp³-hybridized carbons (Fsp3) is 0.333. The largest absolute Gasteiger partial charge is 0.416 e. The highest BCUT2D eigenvalue weighted by atomic mass is 19.4. The van der Waals surface area contributed by atoms with Gasteiger partial charge in [0.15, 0.2) is 11.5 Å². The quantitative estimate of drug-likeness (QED) is 0.421. The second-order valence-electron chi connectivity index (χ2n) is 9.03. The predicted molar refractivity (Wildman–Crippen MR) is 123 cm³/mol. The molecule has 13 heteroatoms. The van der Waals surface area contributed by atoms with Crippen LogP contribution in [0.2, 0.25) is 0 Å². The number of carbonyl (C=O) groups is 2. The molecule has 194 valence electrons. The van der Waals surface area contributed by atoms with Crippen molar-refractivity contribution in [3.8, 4) is 5.69 Å². The molecule has 2 saturated heterocycles. The van der Waals surface area contributed by atoms with Gasteiger partial charge in [0.05, 0.1) is 29.0 Å². The maximum absolute atomic E-state index is 13.7. The molecule has 1 N–H and O–H groups in total. The number of fused-ring (bicyclic) bond motifs is 1. The van der Waals surface area contributed by atoms with E-state index < -0.39 is 47.2 Å². The SMILES string of the molecule is C=C(F)C(=O)N1CC(n2c(=O)n(-c3ccc(C(F)(F)F)cc3)c3nccc(C(=O)N4CC[C@@H](O)C4)c32)C1. The molecule has 0 radical (unpaired) electrons. The lowest BCUT2D eigenvalue weighted by Gasteiger charge is -2.39. The highest BCUT2D eigenvalue weighted by Crippen LogP contribution is 2.32. The van der Waals surface area contributed by atoms with Crippen LogP contribution >= 0.6 is 0 Å². The molecule has 0 unspecified atom stereocenters. The Morgan fingerprint density at radius 3 is 2.30 bits per heavy atom. The molecule has 1 aromatic carbocycles. The highest BCUT2D eigenvalue weighted by Gasteiger charge is 2.38. The van der Waals surface area contributed by atoms with Crippen LogP contribution in [0, 0.1) is 0 Å². The van der Waals surface area contributed by atoms with Gasteiger partial charge in [-0.1, -0.05) is 6.58 Å². The average molecular weight is 519 g/mol. The van der Waals surface area contributed by atoms with Crippen molar-refractivity contribution in [3.05, 3.63) is 70.5 Å². The molecule has 2 amide bonds. The van der Waals surface area contributed by atoms with Gasteiger partial charge in [-0.15, -0.1) is 0 Å². The summed E-state index contributed by atoms with van der Waals surface area (Å²) in [6.07, 6.45) is -3.54. The number of pyridine rings is 1. The number of hydrogen-bond donors (Lipinski definition) is 1. The Morgan fingerprint density at radius 1 is 1.05 bits per heavy atom. The van der Waals surface area contributed by atoms with E-state index in [2.05, 4.69) is 11.6 Å². The summed E-state index contributed by atoms with van der Waals surface area (Å²) in [5, 5.41) is 9.88. The van der Waals surface area contributed by atoms with Crippen molar-refractivity contribution in [1.29, 1.82) is 0 Å². The monoisotopic (exact) mass is 519 g/mol. The number of aliphatic hydroxyl groups is 1. The van der Waals surface area contributed by atoms with Crippen molar-refractivity contribution in [3.63, 3.8) is 0 Å². The number of aromatic nitrogens is 3. The van der Waals surface area contributed by atoms with Crippen LogP contribution in [-0.4, -0.2) is 73.1 Å². The zero-order valence-electron chi connectivity index (χ0n) is 19.3. The van der Waals surface area contributed by atoms with Gasteiger partial charge in [-0.05, 0) is 36.8 Å². The van der Waals surface area contributed by atoms with E-state index in [4.69, 9.17) is 0 Å². The van der Waals surface area contributed by atoms with E-state index in [-0.39, 0.29) is 42.0 Å². The molecule has 37 heavy (non-hydrogen) atoms. The fourth-order valence-corrected chi connectivity index (χ4v) is 4.73. The molecule has 3 aromatic rings. The second-order valence-corrected chi connectivity index (χ2v) is 9.03. The number of aliphatic hydroxyl groups excluding tert-OH is 1. The molecule has 2 aliphatic rings. The van der Waals surface area contributed by atoms with Crippen LogP contribution in [-0.2, 0) is 11.0 Å². The summed E-state index contributed by atoms with van der Waals surface area (Å²) in [6, 6.07) is 4.71. The number of hydrogen-bond acceptors (Lipinski definition) is 5. The summed E-state index contributed by atoms with van der Waals surface area (Å²) in [5.74, 6) is -2.52. The first kappa shape index (κ1) is 24.7. The van der Waals surface area contributed by atoms with E-state index in [9.17, 15) is 37.1 Å². The summed E-state index contributed by atoms with van der Waals surface area (Å²) in [5.41, 5.74) is -1.20. The summed E-state index contributed by atoms with van der Waals surface area (Å²) in [6.45, 7) is 3.31. The van der Waals surface area contributed by atoms with E-state index in [1.54, 1.807) is 0 Å². The zero-order valence-corrected chi connectivity index (χ0v) is 19.3. The lowest BCUT2D eigenvalue weighted by Crippen LogP contribution is -2.53. The molecule has 4 heterocycles. The minimum absolute atomic E-state index is 0.0371. The number of benzene rings is 1. The number of imidazole rings is 1. The zero-order chi connectivity index (χ0) is 26.6. The molecule has 0 bridgehead atoms. The van der Waals surface area contributed by atoms with Crippen LogP contribution in [0.25, 0.3) is 16.9 Å². The maximum atomic E-state index is 13.7. The molecule has 0 saturated carbocycles. The Bertz CT molecular complexity index is 1470. The second kappa shape index (κ2) is 8.83. The van der Waals surface area contributed by atoms with E-state index in [0.29, 0.717) is 13.0 Å². The van der Waals surface area contributed by atoms with Gasteiger partial charge in [-0.25, -0.2) is 18.7 Å². The van der Waals surface area contributed by atoms with Gasteiger partial charge in [0.2, 0.25) is 0 Å².